The zero-order valence-corrected chi connectivity index (χ0v) is 18.9. The van der Waals surface area contributed by atoms with E-state index in [0.29, 0.717) is 27.8 Å². The first-order chi connectivity index (χ1) is 15.7. The van der Waals surface area contributed by atoms with E-state index >= 15 is 0 Å². The number of benzene rings is 2. The fourth-order valence-corrected chi connectivity index (χ4v) is 5.03. The Morgan fingerprint density at radius 2 is 1.88 bits per heavy atom. The number of carbonyl (C=O) groups excluding carboxylic acids is 1. The van der Waals surface area contributed by atoms with Crippen LogP contribution in [0.25, 0.3) is 5.69 Å². The standard InChI is InChI=1S/C22H18F3N3O3S2/c1-13-2-6-15(7-3-13)28-20(30)19-17(10-11-32-19)27-21(28)33-12-18(29)26-14-4-8-16(9-5-14)31-22(23,24)25/h2-9H,10-12H2,1H3,(H,26,29). The number of rotatable bonds is 6. The average molecular weight is 494 g/mol. The van der Waals surface area contributed by atoms with Crippen LogP contribution in [0.15, 0.2) is 63.4 Å². The normalized spacial score (nSPS) is 13.0. The lowest BCUT2D eigenvalue weighted by atomic mass is 10.2. The number of ether oxygens (including phenoxy) is 1. The third-order valence-corrected chi connectivity index (χ3v) is 6.71. The molecule has 3 aromatic rings. The Morgan fingerprint density at radius 3 is 2.55 bits per heavy atom. The minimum Gasteiger partial charge on any atom is -0.406 e. The molecule has 0 atom stereocenters. The molecule has 1 N–H and O–H groups in total. The molecule has 4 rings (SSSR count). The van der Waals surface area contributed by atoms with Gasteiger partial charge in [-0.3, -0.25) is 14.2 Å². The molecule has 0 radical (unpaired) electrons. The Kier molecular flexibility index (Phi) is 6.71. The number of fused-ring (bicyclic) bond motifs is 1. The first-order valence-electron chi connectivity index (χ1n) is 9.84. The summed E-state index contributed by atoms with van der Waals surface area (Å²) >= 11 is 2.60. The van der Waals surface area contributed by atoms with E-state index in [0.717, 1.165) is 40.9 Å². The molecule has 1 aromatic heterocycles. The van der Waals surface area contributed by atoms with Crippen LogP contribution in [-0.4, -0.2) is 33.3 Å². The predicted octanol–water partition coefficient (Wildman–Crippen LogP) is 4.82. The van der Waals surface area contributed by atoms with Crippen LogP contribution in [0.4, 0.5) is 18.9 Å². The Labute approximate surface area is 195 Å². The molecular weight excluding hydrogens is 475 g/mol. The highest BCUT2D eigenvalue weighted by molar-refractivity contribution is 8.00. The van der Waals surface area contributed by atoms with Gasteiger partial charge in [-0.25, -0.2) is 4.98 Å². The fourth-order valence-electron chi connectivity index (χ4n) is 3.18. The number of hydrogen-bond donors (Lipinski definition) is 1. The maximum Gasteiger partial charge on any atom is 0.573 e. The lowest BCUT2D eigenvalue weighted by Gasteiger charge is -2.14. The average Bonchev–Trinajstić information content (AvgIpc) is 3.23. The number of halogens is 3. The molecule has 0 unspecified atom stereocenters. The lowest BCUT2D eigenvalue weighted by Crippen LogP contribution is -2.24. The summed E-state index contributed by atoms with van der Waals surface area (Å²) in [6.45, 7) is 1.95. The molecule has 6 nitrogen and oxygen atoms in total. The highest BCUT2D eigenvalue weighted by Crippen LogP contribution is 2.30. The topological polar surface area (TPSA) is 73.2 Å². The number of amides is 1. The lowest BCUT2D eigenvalue weighted by molar-refractivity contribution is -0.274. The fraction of sp³-hybridized carbons (Fsp3) is 0.227. The Balaban J connectivity index is 1.50. The van der Waals surface area contributed by atoms with Crippen LogP contribution in [0.3, 0.4) is 0 Å². The monoisotopic (exact) mass is 493 g/mol. The van der Waals surface area contributed by atoms with Crippen LogP contribution < -0.4 is 15.6 Å². The molecule has 2 aromatic carbocycles. The van der Waals surface area contributed by atoms with Crippen molar-refractivity contribution in [3.63, 3.8) is 0 Å². The summed E-state index contributed by atoms with van der Waals surface area (Å²) in [5, 5.41) is 3.03. The largest absolute Gasteiger partial charge is 0.573 e. The zero-order chi connectivity index (χ0) is 23.6. The molecule has 0 fully saturated rings. The maximum absolute atomic E-state index is 13.1. The summed E-state index contributed by atoms with van der Waals surface area (Å²) in [5.74, 6) is -0.0135. The molecule has 172 valence electrons. The minimum absolute atomic E-state index is 0.0367. The molecule has 1 amide bonds. The van der Waals surface area contributed by atoms with Gasteiger partial charge in [0.1, 0.15) is 5.75 Å². The quantitative estimate of drug-likeness (QED) is 0.392. The van der Waals surface area contributed by atoms with Crippen LogP contribution in [0.5, 0.6) is 5.75 Å². The van der Waals surface area contributed by atoms with Gasteiger partial charge in [0.2, 0.25) is 5.91 Å². The summed E-state index contributed by atoms with van der Waals surface area (Å²) in [7, 11) is 0. The van der Waals surface area contributed by atoms with Crippen molar-refractivity contribution in [2.24, 2.45) is 0 Å². The van der Waals surface area contributed by atoms with Gasteiger partial charge in [0.25, 0.3) is 5.56 Å². The van der Waals surface area contributed by atoms with Crippen molar-refractivity contribution < 1.29 is 22.7 Å². The van der Waals surface area contributed by atoms with Crippen molar-refractivity contribution in [2.75, 3.05) is 16.8 Å². The van der Waals surface area contributed by atoms with Crippen molar-refractivity contribution in [3.05, 3.63) is 70.1 Å². The second kappa shape index (κ2) is 9.52. The highest BCUT2D eigenvalue weighted by atomic mass is 32.2. The number of alkyl halides is 3. The van der Waals surface area contributed by atoms with E-state index in [-0.39, 0.29) is 23.0 Å². The van der Waals surface area contributed by atoms with Crippen molar-refractivity contribution >= 4 is 35.1 Å². The van der Waals surface area contributed by atoms with E-state index in [9.17, 15) is 22.8 Å². The van der Waals surface area contributed by atoms with E-state index in [1.54, 1.807) is 0 Å². The van der Waals surface area contributed by atoms with Gasteiger partial charge in [0.05, 0.1) is 22.0 Å². The predicted molar refractivity (Wildman–Crippen MR) is 121 cm³/mol. The molecule has 0 aliphatic carbocycles. The third kappa shape index (κ3) is 5.72. The molecular formula is C22H18F3N3O3S2. The first kappa shape index (κ1) is 23.2. The SMILES string of the molecule is Cc1ccc(-n2c(SCC(=O)Nc3ccc(OC(F)(F)F)cc3)nc3c(c2=O)SCC3)cc1. The number of anilines is 1. The summed E-state index contributed by atoms with van der Waals surface area (Å²) in [6, 6.07) is 12.3. The van der Waals surface area contributed by atoms with E-state index in [4.69, 9.17) is 0 Å². The van der Waals surface area contributed by atoms with Gasteiger partial charge in [-0.2, -0.15) is 0 Å². The number of nitrogens with one attached hydrogen (secondary N) is 1. The Hall–Kier alpha value is -2.92. The molecule has 2 heterocycles. The van der Waals surface area contributed by atoms with Crippen molar-refractivity contribution in [3.8, 4) is 11.4 Å². The van der Waals surface area contributed by atoms with Gasteiger partial charge in [-0.1, -0.05) is 29.5 Å². The third-order valence-electron chi connectivity index (χ3n) is 4.66. The summed E-state index contributed by atoms with van der Waals surface area (Å²) in [5.41, 5.74) is 2.61. The van der Waals surface area contributed by atoms with Gasteiger partial charge in [0.15, 0.2) is 5.16 Å². The Morgan fingerprint density at radius 1 is 1.18 bits per heavy atom. The van der Waals surface area contributed by atoms with E-state index in [1.807, 2.05) is 31.2 Å². The van der Waals surface area contributed by atoms with E-state index in [2.05, 4.69) is 15.0 Å². The van der Waals surface area contributed by atoms with Gasteiger partial charge in [0, 0.05) is 17.9 Å². The van der Waals surface area contributed by atoms with Crippen LogP contribution in [0, 0.1) is 6.92 Å². The smallest absolute Gasteiger partial charge is 0.406 e. The van der Waals surface area contributed by atoms with Crippen molar-refractivity contribution in [1.29, 1.82) is 0 Å². The Bertz CT molecular complexity index is 1230. The summed E-state index contributed by atoms with van der Waals surface area (Å²) < 4.78 is 42.2. The molecule has 0 saturated heterocycles. The van der Waals surface area contributed by atoms with Crippen LogP contribution >= 0.6 is 23.5 Å². The van der Waals surface area contributed by atoms with E-state index in [1.165, 1.54) is 28.5 Å². The van der Waals surface area contributed by atoms with Crippen LogP contribution in [0.1, 0.15) is 11.3 Å². The van der Waals surface area contributed by atoms with Gasteiger partial charge in [-0.15, -0.1) is 24.9 Å². The first-order valence-corrected chi connectivity index (χ1v) is 11.8. The number of hydrogen-bond acceptors (Lipinski definition) is 6. The second-order valence-corrected chi connectivity index (χ2v) is 9.20. The molecule has 0 spiro atoms. The molecule has 11 heteroatoms. The van der Waals surface area contributed by atoms with Gasteiger partial charge < -0.3 is 10.1 Å². The highest BCUT2D eigenvalue weighted by Gasteiger charge is 2.31. The van der Waals surface area contributed by atoms with Gasteiger partial charge >= 0.3 is 6.36 Å². The number of aromatic nitrogens is 2. The van der Waals surface area contributed by atoms with Gasteiger partial charge in [-0.05, 0) is 43.3 Å². The summed E-state index contributed by atoms with van der Waals surface area (Å²) in [4.78, 5) is 30.8. The molecule has 0 bridgehead atoms. The molecule has 33 heavy (non-hydrogen) atoms. The van der Waals surface area contributed by atoms with Crippen molar-refractivity contribution in [1.82, 2.24) is 9.55 Å². The van der Waals surface area contributed by atoms with Crippen molar-refractivity contribution in [2.45, 2.75) is 29.8 Å². The molecule has 0 saturated carbocycles. The number of thioether (sulfide) groups is 2. The molecule has 1 aliphatic rings. The number of aryl methyl sites for hydroxylation is 2. The van der Waals surface area contributed by atoms with E-state index < -0.39 is 6.36 Å². The zero-order valence-electron chi connectivity index (χ0n) is 17.3. The van der Waals surface area contributed by atoms with Crippen LogP contribution in [0.2, 0.25) is 0 Å². The minimum atomic E-state index is -4.78. The number of nitrogens with zero attached hydrogens (tertiary/aromatic N) is 2. The maximum atomic E-state index is 13.1. The second-order valence-electron chi connectivity index (χ2n) is 7.15. The molecule has 1 aliphatic heterocycles. The summed E-state index contributed by atoms with van der Waals surface area (Å²) in [6.07, 6.45) is -4.09. The van der Waals surface area contributed by atoms with Crippen LogP contribution in [-0.2, 0) is 11.2 Å². The number of carbonyl (C=O) groups is 1.